The number of halogens is 1. The number of aromatic nitrogens is 3. The second kappa shape index (κ2) is 2.57. The van der Waals surface area contributed by atoms with Gasteiger partial charge >= 0.3 is 0 Å². The van der Waals surface area contributed by atoms with Gasteiger partial charge in [0.05, 0.1) is 0 Å². The Morgan fingerprint density at radius 3 is 3.08 bits per heavy atom. The van der Waals surface area contributed by atoms with Crippen LogP contribution in [0.5, 0.6) is 0 Å². The summed E-state index contributed by atoms with van der Waals surface area (Å²) >= 11 is 3.29. The summed E-state index contributed by atoms with van der Waals surface area (Å²) < 4.78 is 2.47. The lowest BCUT2D eigenvalue weighted by atomic mass is 10.5. The lowest BCUT2D eigenvalue weighted by Crippen LogP contribution is -1.85. The van der Waals surface area contributed by atoms with Crippen molar-refractivity contribution >= 4 is 21.6 Å². The number of nitriles is 1. The molecule has 0 radical (unpaired) electrons. The second-order valence-electron chi connectivity index (χ2n) is 2.20. The molecule has 0 saturated heterocycles. The highest BCUT2D eigenvalue weighted by Gasteiger charge is 2.00. The van der Waals surface area contributed by atoms with Gasteiger partial charge in [-0.3, -0.25) is 0 Å². The van der Waals surface area contributed by atoms with Crippen LogP contribution in [0.4, 0.5) is 0 Å². The molecule has 0 spiro atoms. The number of fused-ring (bicyclic) bond motifs is 1. The zero-order valence-corrected chi connectivity index (χ0v) is 7.48. The van der Waals surface area contributed by atoms with Gasteiger partial charge in [-0.25, -0.2) is 4.52 Å². The number of pyridine rings is 1. The summed E-state index contributed by atoms with van der Waals surface area (Å²) in [5, 5.41) is 12.4. The Balaban J connectivity index is 2.77. The van der Waals surface area contributed by atoms with Gasteiger partial charge in [-0.15, -0.1) is 5.10 Å². The van der Waals surface area contributed by atoms with Gasteiger partial charge in [0, 0.05) is 10.7 Å². The lowest BCUT2D eigenvalue weighted by molar-refractivity contribution is 0.945. The third kappa shape index (κ3) is 1.06. The van der Waals surface area contributed by atoms with E-state index in [4.69, 9.17) is 5.26 Å². The first kappa shape index (κ1) is 7.25. The Morgan fingerprint density at radius 2 is 2.33 bits per heavy atom. The van der Waals surface area contributed by atoms with Crippen LogP contribution in [0.3, 0.4) is 0 Å². The molecule has 0 bridgehead atoms. The van der Waals surface area contributed by atoms with Gasteiger partial charge in [0.2, 0.25) is 0 Å². The lowest BCUT2D eigenvalue weighted by Gasteiger charge is -1.89. The number of hydrogen-bond donors (Lipinski definition) is 0. The first-order valence-electron chi connectivity index (χ1n) is 3.21. The third-order valence-electron chi connectivity index (χ3n) is 1.39. The summed E-state index contributed by atoms with van der Waals surface area (Å²) in [4.78, 5) is 3.94. The van der Waals surface area contributed by atoms with Crippen LogP contribution in [0, 0.1) is 11.3 Å². The standard InChI is InChI=1S/C7H3BrN4/c8-5-1-2-7-10-6(3-9)11-12(7)4-5/h1-2,4H. The van der Waals surface area contributed by atoms with Crippen LogP contribution in [0.1, 0.15) is 5.82 Å². The van der Waals surface area contributed by atoms with E-state index in [1.807, 2.05) is 12.1 Å². The maximum absolute atomic E-state index is 8.51. The van der Waals surface area contributed by atoms with E-state index >= 15 is 0 Å². The molecule has 0 atom stereocenters. The second-order valence-corrected chi connectivity index (χ2v) is 3.11. The van der Waals surface area contributed by atoms with Gasteiger partial charge < -0.3 is 0 Å². The van der Waals surface area contributed by atoms with Crippen LogP contribution in [0.15, 0.2) is 22.8 Å². The quantitative estimate of drug-likeness (QED) is 0.677. The molecular weight excluding hydrogens is 220 g/mol. The Kier molecular flexibility index (Phi) is 1.55. The minimum Gasteiger partial charge on any atom is -0.219 e. The van der Waals surface area contributed by atoms with Crippen molar-refractivity contribution in [1.29, 1.82) is 5.26 Å². The van der Waals surface area contributed by atoms with E-state index in [9.17, 15) is 0 Å². The minimum absolute atomic E-state index is 0.188. The highest BCUT2D eigenvalue weighted by molar-refractivity contribution is 9.10. The van der Waals surface area contributed by atoms with Crippen molar-refractivity contribution in [1.82, 2.24) is 14.6 Å². The minimum atomic E-state index is 0.188. The molecule has 12 heavy (non-hydrogen) atoms. The largest absolute Gasteiger partial charge is 0.253 e. The summed E-state index contributed by atoms with van der Waals surface area (Å²) in [6, 6.07) is 5.52. The summed E-state index contributed by atoms with van der Waals surface area (Å²) in [7, 11) is 0. The highest BCUT2D eigenvalue weighted by atomic mass is 79.9. The maximum Gasteiger partial charge on any atom is 0.253 e. The maximum atomic E-state index is 8.51. The summed E-state index contributed by atoms with van der Waals surface area (Å²) in [5.74, 6) is 0.188. The molecule has 0 amide bonds. The van der Waals surface area contributed by atoms with Crippen molar-refractivity contribution in [2.45, 2.75) is 0 Å². The summed E-state index contributed by atoms with van der Waals surface area (Å²) in [6.07, 6.45) is 1.75. The molecular formula is C7H3BrN4. The summed E-state index contributed by atoms with van der Waals surface area (Å²) in [6.45, 7) is 0. The van der Waals surface area contributed by atoms with E-state index < -0.39 is 0 Å². The zero-order chi connectivity index (χ0) is 8.55. The fourth-order valence-electron chi connectivity index (χ4n) is 0.905. The molecule has 58 valence electrons. The molecule has 2 rings (SSSR count). The normalized spacial score (nSPS) is 10.0. The molecule has 0 unspecified atom stereocenters. The average molecular weight is 223 g/mol. The van der Waals surface area contributed by atoms with Crippen molar-refractivity contribution in [2.75, 3.05) is 0 Å². The first-order valence-corrected chi connectivity index (χ1v) is 4.01. The van der Waals surface area contributed by atoms with E-state index in [-0.39, 0.29) is 5.82 Å². The van der Waals surface area contributed by atoms with Gasteiger partial charge in [-0.2, -0.15) is 10.2 Å². The van der Waals surface area contributed by atoms with E-state index in [1.165, 1.54) is 0 Å². The zero-order valence-electron chi connectivity index (χ0n) is 5.90. The molecule has 2 heterocycles. The first-order chi connectivity index (χ1) is 5.79. The summed E-state index contributed by atoms with van der Waals surface area (Å²) in [5.41, 5.74) is 0.676. The van der Waals surface area contributed by atoms with E-state index in [0.29, 0.717) is 5.65 Å². The molecule has 0 aliphatic carbocycles. The van der Waals surface area contributed by atoms with Crippen LogP contribution in [-0.4, -0.2) is 14.6 Å². The SMILES string of the molecule is N#Cc1nc2ccc(Br)cn2n1. The van der Waals surface area contributed by atoms with E-state index in [2.05, 4.69) is 26.0 Å². The van der Waals surface area contributed by atoms with Gasteiger partial charge in [-0.1, -0.05) is 0 Å². The molecule has 0 aliphatic heterocycles. The number of rotatable bonds is 0. The molecule has 5 heteroatoms. The monoisotopic (exact) mass is 222 g/mol. The van der Waals surface area contributed by atoms with E-state index in [1.54, 1.807) is 16.8 Å². The van der Waals surface area contributed by atoms with Crippen LogP contribution < -0.4 is 0 Å². The van der Waals surface area contributed by atoms with Crippen LogP contribution >= 0.6 is 15.9 Å². The van der Waals surface area contributed by atoms with Crippen molar-refractivity contribution < 1.29 is 0 Å². The Morgan fingerprint density at radius 1 is 1.50 bits per heavy atom. The topological polar surface area (TPSA) is 54.0 Å². The Bertz CT molecular complexity index is 468. The van der Waals surface area contributed by atoms with E-state index in [0.717, 1.165) is 4.47 Å². The van der Waals surface area contributed by atoms with Crippen LogP contribution in [0.25, 0.3) is 5.65 Å². The van der Waals surface area contributed by atoms with Crippen LogP contribution in [-0.2, 0) is 0 Å². The van der Waals surface area contributed by atoms with Crippen molar-refractivity contribution in [3.8, 4) is 6.07 Å². The van der Waals surface area contributed by atoms with Crippen molar-refractivity contribution in [3.63, 3.8) is 0 Å². The molecule has 0 saturated carbocycles. The number of hydrogen-bond acceptors (Lipinski definition) is 3. The fourth-order valence-corrected chi connectivity index (χ4v) is 1.23. The average Bonchev–Trinajstić information content (AvgIpc) is 2.46. The van der Waals surface area contributed by atoms with Crippen LogP contribution in [0.2, 0.25) is 0 Å². The fraction of sp³-hybridized carbons (Fsp3) is 0. The predicted molar refractivity (Wildman–Crippen MR) is 45.4 cm³/mol. The van der Waals surface area contributed by atoms with Crippen molar-refractivity contribution in [3.05, 3.63) is 28.6 Å². The Labute approximate surface area is 76.6 Å². The third-order valence-corrected chi connectivity index (χ3v) is 1.86. The molecule has 2 aromatic heterocycles. The smallest absolute Gasteiger partial charge is 0.219 e. The van der Waals surface area contributed by atoms with Gasteiger partial charge in [-0.05, 0) is 28.1 Å². The number of nitrogens with zero attached hydrogens (tertiary/aromatic N) is 4. The molecule has 0 N–H and O–H groups in total. The molecule has 2 aromatic rings. The van der Waals surface area contributed by atoms with Gasteiger partial charge in [0.25, 0.3) is 5.82 Å². The predicted octanol–water partition coefficient (Wildman–Crippen LogP) is 1.36. The highest BCUT2D eigenvalue weighted by Crippen LogP contribution is 2.09. The van der Waals surface area contributed by atoms with Crippen molar-refractivity contribution in [2.24, 2.45) is 0 Å². The molecule has 0 aliphatic rings. The van der Waals surface area contributed by atoms with Gasteiger partial charge in [0.1, 0.15) is 6.07 Å². The molecule has 0 aromatic carbocycles. The Hall–Kier alpha value is -1.41. The van der Waals surface area contributed by atoms with Gasteiger partial charge in [0.15, 0.2) is 5.65 Å². The molecule has 4 nitrogen and oxygen atoms in total. The molecule has 0 fully saturated rings.